The van der Waals surface area contributed by atoms with E-state index in [9.17, 15) is 18.8 Å². The zero-order valence-electron chi connectivity index (χ0n) is 16.3. The van der Waals surface area contributed by atoms with Crippen LogP contribution in [0.1, 0.15) is 33.2 Å². The molecule has 4 rings (SSSR count). The van der Waals surface area contributed by atoms with Gasteiger partial charge in [-0.1, -0.05) is 0 Å². The first-order valence-corrected chi connectivity index (χ1v) is 9.18. The molecule has 1 saturated heterocycles. The Morgan fingerprint density at radius 3 is 2.87 bits per heavy atom. The van der Waals surface area contributed by atoms with Gasteiger partial charge in [-0.3, -0.25) is 0 Å². The fraction of sp³-hybridized carbons (Fsp3) is 0.238. The molecular weight excluding hydrogens is 410 g/mol. The number of nitriles is 1. The first-order valence-electron chi connectivity index (χ1n) is 9.18. The third-order valence-electron chi connectivity index (χ3n) is 4.91. The lowest BCUT2D eigenvalue weighted by Gasteiger charge is -2.29. The molecule has 0 saturated carbocycles. The summed E-state index contributed by atoms with van der Waals surface area (Å²) in [6.07, 6.45) is 1.86. The minimum absolute atomic E-state index is 0.0389. The molecule has 1 aliphatic rings. The molecule has 2 aromatic carbocycles. The molecule has 0 bridgehead atoms. The van der Waals surface area contributed by atoms with Crippen molar-refractivity contribution >= 4 is 5.97 Å². The summed E-state index contributed by atoms with van der Waals surface area (Å²) in [6.45, 7) is -0.151. The number of benzene rings is 2. The predicted molar refractivity (Wildman–Crippen MR) is 100 cm³/mol. The van der Waals surface area contributed by atoms with Gasteiger partial charge >= 0.3 is 5.97 Å². The van der Waals surface area contributed by atoms with Crippen molar-refractivity contribution in [2.45, 2.75) is 18.4 Å². The van der Waals surface area contributed by atoms with Gasteiger partial charge in [0.1, 0.15) is 36.9 Å². The van der Waals surface area contributed by atoms with E-state index < -0.39 is 29.5 Å². The molecule has 0 aliphatic carbocycles. The summed E-state index contributed by atoms with van der Waals surface area (Å²) in [4.78, 5) is 16.1. The van der Waals surface area contributed by atoms with Gasteiger partial charge in [0, 0.05) is 11.6 Å². The monoisotopic (exact) mass is 426 g/mol. The molecule has 2 atom stereocenters. The Morgan fingerprint density at radius 1 is 1.35 bits per heavy atom. The van der Waals surface area contributed by atoms with E-state index in [-0.39, 0.29) is 24.3 Å². The average Bonchev–Trinajstić information content (AvgIpc) is 3.43. The third kappa shape index (κ3) is 3.88. The Kier molecular flexibility index (Phi) is 5.46. The second-order valence-corrected chi connectivity index (χ2v) is 6.79. The molecule has 10 heteroatoms. The highest BCUT2D eigenvalue weighted by molar-refractivity contribution is 5.91. The van der Waals surface area contributed by atoms with E-state index in [0.717, 1.165) is 12.1 Å². The summed E-state index contributed by atoms with van der Waals surface area (Å²) in [5.41, 5.74) is 0.802. The normalized spacial score (nSPS) is 20.4. The summed E-state index contributed by atoms with van der Waals surface area (Å²) in [5.74, 6) is -3.91. The van der Waals surface area contributed by atoms with Gasteiger partial charge in [0.25, 0.3) is 0 Å². The predicted octanol–water partition coefficient (Wildman–Crippen LogP) is 2.86. The fourth-order valence-corrected chi connectivity index (χ4v) is 3.49. The highest BCUT2D eigenvalue weighted by Crippen LogP contribution is 2.43. The van der Waals surface area contributed by atoms with Crippen LogP contribution in [0, 0.1) is 23.0 Å². The minimum atomic E-state index is -1.67. The van der Waals surface area contributed by atoms with E-state index in [4.69, 9.17) is 14.2 Å². The fourth-order valence-electron chi connectivity index (χ4n) is 3.49. The Balaban J connectivity index is 1.78. The van der Waals surface area contributed by atoms with Crippen LogP contribution in [0.4, 0.5) is 8.78 Å². The largest absolute Gasteiger partial charge is 0.465 e. The van der Waals surface area contributed by atoms with Gasteiger partial charge < -0.3 is 14.2 Å². The second kappa shape index (κ2) is 8.22. The molecule has 2 heterocycles. The maximum absolute atomic E-state index is 14.7. The van der Waals surface area contributed by atoms with E-state index in [0.29, 0.717) is 11.1 Å². The lowest BCUT2D eigenvalue weighted by molar-refractivity contribution is -0.191. The number of hydrogen-bond acceptors (Lipinski definition) is 7. The molecule has 0 unspecified atom stereocenters. The summed E-state index contributed by atoms with van der Waals surface area (Å²) in [5, 5.41) is 13.3. The smallest absolute Gasteiger partial charge is 0.338 e. The van der Waals surface area contributed by atoms with E-state index in [1.165, 1.54) is 48.7 Å². The average molecular weight is 426 g/mol. The van der Waals surface area contributed by atoms with Crippen LogP contribution in [0.3, 0.4) is 0 Å². The quantitative estimate of drug-likeness (QED) is 0.579. The minimum Gasteiger partial charge on any atom is -0.465 e. The lowest BCUT2D eigenvalue weighted by Crippen LogP contribution is -2.34. The highest BCUT2D eigenvalue weighted by Gasteiger charge is 2.47. The van der Waals surface area contributed by atoms with Gasteiger partial charge in [0.05, 0.1) is 30.9 Å². The lowest BCUT2D eigenvalue weighted by atomic mass is 9.99. The number of ether oxygens (including phenoxy) is 3. The molecular formula is C21H16F2N4O4. The number of methoxy groups -OCH3 is 1. The van der Waals surface area contributed by atoms with Crippen molar-refractivity contribution in [1.82, 2.24) is 14.8 Å². The molecule has 0 N–H and O–H groups in total. The highest BCUT2D eigenvalue weighted by atomic mass is 19.1. The molecule has 158 valence electrons. The zero-order chi connectivity index (χ0) is 22.0. The van der Waals surface area contributed by atoms with Gasteiger partial charge in [-0.25, -0.2) is 23.2 Å². The van der Waals surface area contributed by atoms with Crippen LogP contribution in [-0.4, -0.2) is 34.5 Å². The summed E-state index contributed by atoms with van der Waals surface area (Å²) >= 11 is 0. The summed E-state index contributed by atoms with van der Waals surface area (Å²) in [7, 11) is 1.24. The van der Waals surface area contributed by atoms with Crippen LogP contribution in [0.2, 0.25) is 0 Å². The number of rotatable bonds is 5. The SMILES string of the molecule is COC(=O)c1ccc(C#N)cc1[C@@H]1CO[C@@](Cn2cncn2)(c2ccc(F)cc2F)O1. The van der Waals surface area contributed by atoms with Crippen molar-refractivity contribution in [3.8, 4) is 6.07 Å². The van der Waals surface area contributed by atoms with Gasteiger partial charge in [-0.2, -0.15) is 10.4 Å². The van der Waals surface area contributed by atoms with Crippen LogP contribution in [-0.2, 0) is 26.5 Å². The maximum atomic E-state index is 14.7. The molecule has 1 fully saturated rings. The molecule has 8 nitrogen and oxygen atoms in total. The Bertz CT molecular complexity index is 1160. The van der Waals surface area contributed by atoms with E-state index in [1.54, 1.807) is 0 Å². The van der Waals surface area contributed by atoms with Crippen LogP contribution < -0.4 is 0 Å². The third-order valence-corrected chi connectivity index (χ3v) is 4.91. The van der Waals surface area contributed by atoms with Crippen LogP contribution >= 0.6 is 0 Å². The number of halogens is 2. The molecule has 0 radical (unpaired) electrons. The molecule has 0 amide bonds. The second-order valence-electron chi connectivity index (χ2n) is 6.79. The molecule has 3 aromatic rings. The number of aromatic nitrogens is 3. The van der Waals surface area contributed by atoms with Crippen molar-refractivity contribution in [1.29, 1.82) is 5.26 Å². The number of carbonyl (C=O) groups excluding carboxylic acids is 1. The summed E-state index contributed by atoms with van der Waals surface area (Å²) in [6, 6.07) is 9.50. The molecule has 0 spiro atoms. The maximum Gasteiger partial charge on any atom is 0.338 e. The molecule has 31 heavy (non-hydrogen) atoms. The van der Waals surface area contributed by atoms with E-state index in [1.807, 2.05) is 6.07 Å². The zero-order valence-corrected chi connectivity index (χ0v) is 16.3. The van der Waals surface area contributed by atoms with Gasteiger partial charge in [-0.15, -0.1) is 0 Å². The number of esters is 1. The first-order chi connectivity index (χ1) is 15.0. The Morgan fingerprint density at radius 2 is 2.19 bits per heavy atom. The van der Waals surface area contributed by atoms with E-state index >= 15 is 0 Å². The van der Waals surface area contributed by atoms with Crippen LogP contribution in [0.15, 0.2) is 49.1 Å². The van der Waals surface area contributed by atoms with Crippen molar-refractivity contribution < 1.29 is 27.8 Å². The van der Waals surface area contributed by atoms with Gasteiger partial charge in [-0.05, 0) is 35.9 Å². The van der Waals surface area contributed by atoms with Crippen molar-refractivity contribution in [2.75, 3.05) is 13.7 Å². The van der Waals surface area contributed by atoms with Crippen molar-refractivity contribution in [2.24, 2.45) is 0 Å². The summed E-state index contributed by atoms with van der Waals surface area (Å²) < 4.78 is 46.5. The number of carbonyl (C=O) groups is 1. The topological polar surface area (TPSA) is 99.3 Å². The Hall–Kier alpha value is -3.68. The molecule has 1 aliphatic heterocycles. The standard InChI is InChI=1S/C21H16F2N4O4/c1-29-20(28)15-4-2-13(8-24)6-16(15)19-9-30-21(31-19,10-27-12-25-11-26-27)17-5-3-14(22)7-18(17)23/h2-7,11-12,19H,9-10H2,1H3/t19-,21+/m0/s1. The van der Waals surface area contributed by atoms with Crippen molar-refractivity contribution in [3.63, 3.8) is 0 Å². The van der Waals surface area contributed by atoms with Gasteiger partial charge in [0.15, 0.2) is 0 Å². The van der Waals surface area contributed by atoms with Crippen molar-refractivity contribution in [3.05, 3.63) is 82.9 Å². The van der Waals surface area contributed by atoms with E-state index in [2.05, 4.69) is 10.1 Å². The first kappa shape index (κ1) is 20.6. The number of nitrogens with zero attached hydrogens (tertiary/aromatic N) is 4. The van der Waals surface area contributed by atoms with Crippen LogP contribution in [0.25, 0.3) is 0 Å². The Labute approximate surface area is 175 Å². The molecule has 1 aromatic heterocycles. The van der Waals surface area contributed by atoms with Gasteiger partial charge in [0.2, 0.25) is 5.79 Å². The number of hydrogen-bond donors (Lipinski definition) is 0. The van der Waals surface area contributed by atoms with Crippen LogP contribution in [0.5, 0.6) is 0 Å².